The highest BCUT2D eigenvalue weighted by atomic mass is 32.2. The topological polar surface area (TPSA) is 70.6 Å². The lowest BCUT2D eigenvalue weighted by Crippen LogP contribution is -2.51. The summed E-state index contributed by atoms with van der Waals surface area (Å²) in [5, 5.41) is 3.21. The number of carbonyl (C=O) groups excluding carboxylic acids is 1. The number of carbonyl (C=O) groups is 1. The number of fused-ring (bicyclic) bond motifs is 2. The lowest BCUT2D eigenvalue weighted by Gasteiger charge is -2.34. The first-order valence-electron chi connectivity index (χ1n) is 12.0. The van der Waals surface area contributed by atoms with Gasteiger partial charge in [0.05, 0.1) is 5.52 Å². The maximum atomic E-state index is 13.4. The number of aryl methyl sites for hydroxylation is 1. The Kier molecular flexibility index (Phi) is 5.34. The van der Waals surface area contributed by atoms with Crippen LogP contribution in [0.25, 0.3) is 21.7 Å². The SMILES string of the molecule is Cc1cnc2c(S(=O)(=O)N3CCN(C(=O)C4CC4c4ccc5ccccc5c4)CC3)cccc2c1. The average molecular weight is 486 g/mol. The Morgan fingerprint density at radius 3 is 2.43 bits per heavy atom. The summed E-state index contributed by atoms with van der Waals surface area (Å²) in [6.07, 6.45) is 2.55. The predicted octanol–water partition coefficient (Wildman–Crippen LogP) is 4.33. The third kappa shape index (κ3) is 3.98. The number of amides is 1. The molecule has 0 N–H and O–H groups in total. The van der Waals surface area contributed by atoms with Gasteiger partial charge in [0.1, 0.15) is 4.90 Å². The van der Waals surface area contributed by atoms with E-state index in [0.29, 0.717) is 31.7 Å². The van der Waals surface area contributed by atoms with E-state index >= 15 is 0 Å². The van der Waals surface area contributed by atoms with Crippen molar-refractivity contribution in [3.05, 3.63) is 84.1 Å². The Morgan fingerprint density at radius 1 is 0.886 bits per heavy atom. The van der Waals surface area contributed by atoms with E-state index in [0.717, 1.165) is 17.4 Å². The standard InChI is InChI=1S/C28H27N3O3S/c1-19-15-23-7-4-8-26(27(23)29-18-19)35(33,34)31-13-11-30(12-14-31)28(32)25-17-24(25)22-10-9-20-5-2-3-6-21(20)16-22/h2-10,15-16,18,24-25H,11-14,17H2,1H3. The van der Waals surface area contributed by atoms with Crippen LogP contribution in [0.5, 0.6) is 0 Å². The summed E-state index contributed by atoms with van der Waals surface area (Å²) in [7, 11) is -3.70. The number of sulfonamides is 1. The number of hydrogen-bond donors (Lipinski definition) is 0. The van der Waals surface area contributed by atoms with Gasteiger partial charge in [-0.05, 0) is 53.3 Å². The quantitative estimate of drug-likeness (QED) is 0.431. The highest BCUT2D eigenvalue weighted by molar-refractivity contribution is 7.89. The molecule has 6 rings (SSSR count). The van der Waals surface area contributed by atoms with Crippen LogP contribution in [0, 0.1) is 12.8 Å². The van der Waals surface area contributed by atoms with Gasteiger partial charge in [0.2, 0.25) is 15.9 Å². The zero-order chi connectivity index (χ0) is 24.2. The smallest absolute Gasteiger partial charge is 0.245 e. The van der Waals surface area contributed by atoms with E-state index in [1.54, 1.807) is 18.3 Å². The van der Waals surface area contributed by atoms with Crippen LogP contribution in [0.2, 0.25) is 0 Å². The van der Waals surface area contributed by atoms with Gasteiger partial charge < -0.3 is 4.90 Å². The van der Waals surface area contributed by atoms with Gasteiger partial charge in [-0.2, -0.15) is 4.31 Å². The molecule has 0 radical (unpaired) electrons. The van der Waals surface area contributed by atoms with Gasteiger partial charge in [-0.25, -0.2) is 8.42 Å². The molecule has 2 unspecified atom stereocenters. The highest BCUT2D eigenvalue weighted by Crippen LogP contribution is 2.49. The summed E-state index contributed by atoms with van der Waals surface area (Å²) >= 11 is 0. The molecule has 7 heteroatoms. The number of pyridine rings is 1. The minimum absolute atomic E-state index is 0.00942. The van der Waals surface area contributed by atoms with Crippen molar-refractivity contribution in [1.82, 2.24) is 14.2 Å². The van der Waals surface area contributed by atoms with Gasteiger partial charge in [-0.1, -0.05) is 54.6 Å². The van der Waals surface area contributed by atoms with Crippen LogP contribution in [-0.2, 0) is 14.8 Å². The van der Waals surface area contributed by atoms with Crippen molar-refractivity contribution in [2.45, 2.75) is 24.2 Å². The first kappa shape index (κ1) is 22.2. The lowest BCUT2D eigenvalue weighted by molar-refractivity contribution is -0.133. The molecule has 0 bridgehead atoms. The van der Waals surface area contributed by atoms with Gasteiger partial charge in [0.25, 0.3) is 0 Å². The van der Waals surface area contributed by atoms with Crippen LogP contribution >= 0.6 is 0 Å². The zero-order valence-electron chi connectivity index (χ0n) is 19.6. The fourth-order valence-electron chi connectivity index (χ4n) is 5.25. The van der Waals surface area contributed by atoms with E-state index in [2.05, 4.69) is 35.3 Å². The fourth-order valence-corrected chi connectivity index (χ4v) is 6.84. The van der Waals surface area contributed by atoms with E-state index < -0.39 is 10.0 Å². The van der Waals surface area contributed by atoms with Crippen LogP contribution in [0.15, 0.2) is 77.8 Å². The normalized spacial score (nSPS) is 20.9. The van der Waals surface area contributed by atoms with Crippen LogP contribution in [0.4, 0.5) is 0 Å². The molecule has 178 valence electrons. The number of piperazine rings is 1. The average Bonchev–Trinajstić information content (AvgIpc) is 3.68. The minimum Gasteiger partial charge on any atom is -0.340 e. The molecule has 2 aliphatic rings. The summed E-state index contributed by atoms with van der Waals surface area (Å²) in [6, 6.07) is 21.9. The van der Waals surface area contributed by atoms with Crippen LogP contribution in [-0.4, -0.2) is 54.7 Å². The number of nitrogens with zero attached hydrogens (tertiary/aromatic N) is 3. The molecular weight excluding hydrogens is 458 g/mol. The second-order valence-corrected chi connectivity index (χ2v) is 11.5. The molecule has 2 atom stereocenters. The molecule has 6 nitrogen and oxygen atoms in total. The van der Waals surface area contributed by atoms with Crippen molar-refractivity contribution >= 4 is 37.6 Å². The molecule has 2 fully saturated rings. The maximum Gasteiger partial charge on any atom is 0.245 e. The molecular formula is C28H27N3O3S. The third-order valence-electron chi connectivity index (χ3n) is 7.29. The first-order valence-corrected chi connectivity index (χ1v) is 13.5. The molecule has 1 amide bonds. The Labute approximate surface area is 205 Å². The molecule has 1 saturated carbocycles. The second kappa shape index (κ2) is 8.43. The zero-order valence-corrected chi connectivity index (χ0v) is 20.4. The number of para-hydroxylation sites is 1. The summed E-state index contributed by atoms with van der Waals surface area (Å²) in [5.41, 5.74) is 2.69. The Balaban J connectivity index is 1.14. The summed E-state index contributed by atoms with van der Waals surface area (Å²) in [6.45, 7) is 3.36. The Bertz CT molecular complexity index is 1560. The van der Waals surface area contributed by atoms with Crippen molar-refractivity contribution in [2.75, 3.05) is 26.2 Å². The van der Waals surface area contributed by atoms with Crippen molar-refractivity contribution in [3.8, 4) is 0 Å². The molecule has 3 aromatic carbocycles. The fraction of sp³-hybridized carbons (Fsp3) is 0.286. The minimum atomic E-state index is -3.70. The lowest BCUT2D eigenvalue weighted by atomic mass is 10.0. The third-order valence-corrected chi connectivity index (χ3v) is 9.22. The van der Waals surface area contributed by atoms with E-state index in [4.69, 9.17) is 0 Å². The molecule has 35 heavy (non-hydrogen) atoms. The van der Waals surface area contributed by atoms with E-state index in [1.807, 2.05) is 36.1 Å². The van der Waals surface area contributed by atoms with Crippen molar-refractivity contribution in [3.63, 3.8) is 0 Å². The molecule has 1 aliphatic heterocycles. The molecule has 4 aromatic rings. The van der Waals surface area contributed by atoms with Crippen molar-refractivity contribution in [2.24, 2.45) is 5.92 Å². The van der Waals surface area contributed by atoms with E-state index in [9.17, 15) is 13.2 Å². The highest BCUT2D eigenvalue weighted by Gasteiger charge is 2.46. The Hall–Kier alpha value is -3.29. The van der Waals surface area contributed by atoms with Crippen LogP contribution in [0.1, 0.15) is 23.5 Å². The predicted molar refractivity (Wildman–Crippen MR) is 137 cm³/mol. The van der Waals surface area contributed by atoms with E-state index in [1.165, 1.54) is 20.6 Å². The molecule has 2 heterocycles. The number of rotatable bonds is 4. The van der Waals surface area contributed by atoms with Crippen LogP contribution in [0.3, 0.4) is 0 Å². The van der Waals surface area contributed by atoms with Gasteiger partial charge >= 0.3 is 0 Å². The summed E-state index contributed by atoms with van der Waals surface area (Å²) in [4.78, 5) is 19.7. The van der Waals surface area contributed by atoms with Gasteiger partial charge in [-0.15, -0.1) is 0 Å². The van der Waals surface area contributed by atoms with Gasteiger partial charge in [-0.3, -0.25) is 9.78 Å². The van der Waals surface area contributed by atoms with E-state index in [-0.39, 0.29) is 22.6 Å². The van der Waals surface area contributed by atoms with Crippen molar-refractivity contribution < 1.29 is 13.2 Å². The Morgan fingerprint density at radius 2 is 1.63 bits per heavy atom. The first-order chi connectivity index (χ1) is 16.9. The number of benzene rings is 3. The van der Waals surface area contributed by atoms with Crippen molar-refractivity contribution in [1.29, 1.82) is 0 Å². The van der Waals surface area contributed by atoms with Gasteiger partial charge in [0, 0.05) is 43.7 Å². The monoisotopic (exact) mass is 485 g/mol. The molecule has 1 saturated heterocycles. The molecule has 1 aromatic heterocycles. The maximum absolute atomic E-state index is 13.4. The number of aromatic nitrogens is 1. The summed E-state index contributed by atoms with van der Waals surface area (Å²) in [5.74, 6) is 0.381. The second-order valence-electron chi connectivity index (χ2n) is 9.63. The van der Waals surface area contributed by atoms with Gasteiger partial charge in [0.15, 0.2) is 0 Å². The number of hydrogen-bond acceptors (Lipinski definition) is 4. The summed E-state index contributed by atoms with van der Waals surface area (Å²) < 4.78 is 28.4. The largest absolute Gasteiger partial charge is 0.340 e. The van der Waals surface area contributed by atoms with Crippen LogP contribution < -0.4 is 0 Å². The molecule has 0 spiro atoms. The molecule has 1 aliphatic carbocycles.